The molecule has 0 bridgehead atoms. The van der Waals surface area contributed by atoms with Gasteiger partial charge in [-0.15, -0.1) is 0 Å². The zero-order chi connectivity index (χ0) is 22.8. The van der Waals surface area contributed by atoms with Crippen molar-refractivity contribution in [2.24, 2.45) is 52.3 Å². The highest BCUT2D eigenvalue weighted by atomic mass is 16.3. The standard InChI is InChI=1S/C28H50O3/c1-17(2)18(3)7-8-19(4)22-9-10-23-27(22,6)14-12-24-26(5)13-11-21(29)15-20(26)16-25(30)28(23,24)31/h17-25,29-31H,7-16H2,1-6H3/t18-,19+,20+,21?,22?,23?,24?,25+,26?,27?,28-/m0/s1. The molecule has 3 N–H and O–H groups in total. The summed E-state index contributed by atoms with van der Waals surface area (Å²) in [5.74, 6) is 3.59. The van der Waals surface area contributed by atoms with Crippen molar-refractivity contribution >= 4 is 0 Å². The van der Waals surface area contributed by atoms with E-state index in [0.29, 0.717) is 24.2 Å². The Labute approximate surface area is 191 Å². The van der Waals surface area contributed by atoms with Gasteiger partial charge in [-0.1, -0.05) is 54.4 Å². The average Bonchev–Trinajstić information content (AvgIpc) is 3.06. The monoisotopic (exact) mass is 434 g/mol. The minimum absolute atomic E-state index is 0.0605. The Morgan fingerprint density at radius 3 is 2.13 bits per heavy atom. The lowest BCUT2D eigenvalue weighted by Crippen LogP contribution is -2.69. The number of hydrogen-bond acceptors (Lipinski definition) is 3. The van der Waals surface area contributed by atoms with E-state index < -0.39 is 11.7 Å². The Balaban J connectivity index is 1.56. The van der Waals surface area contributed by atoms with Crippen LogP contribution in [0.5, 0.6) is 0 Å². The molecule has 0 aliphatic heterocycles. The van der Waals surface area contributed by atoms with Crippen LogP contribution < -0.4 is 0 Å². The molecule has 180 valence electrons. The van der Waals surface area contributed by atoms with Gasteiger partial charge in [0.2, 0.25) is 0 Å². The molecule has 0 spiro atoms. The van der Waals surface area contributed by atoms with E-state index in [0.717, 1.165) is 43.9 Å². The smallest absolute Gasteiger partial charge is 0.0971 e. The molecule has 0 aromatic carbocycles. The van der Waals surface area contributed by atoms with Gasteiger partial charge in [0.25, 0.3) is 0 Å². The maximum absolute atomic E-state index is 12.3. The largest absolute Gasteiger partial charge is 0.393 e. The zero-order valence-corrected chi connectivity index (χ0v) is 21.1. The van der Waals surface area contributed by atoms with E-state index in [4.69, 9.17) is 0 Å². The van der Waals surface area contributed by atoms with Crippen molar-refractivity contribution in [2.45, 2.75) is 124 Å². The molecule has 4 aliphatic rings. The fourth-order valence-corrected chi connectivity index (χ4v) is 9.31. The summed E-state index contributed by atoms with van der Waals surface area (Å²) < 4.78 is 0. The molecule has 0 amide bonds. The van der Waals surface area contributed by atoms with Gasteiger partial charge in [0.05, 0.1) is 17.8 Å². The molecule has 3 nitrogen and oxygen atoms in total. The second-order valence-corrected chi connectivity index (χ2v) is 13.4. The summed E-state index contributed by atoms with van der Waals surface area (Å²) in [7, 11) is 0. The Kier molecular flexibility index (Phi) is 6.41. The number of hydrogen-bond donors (Lipinski definition) is 3. The van der Waals surface area contributed by atoms with Crippen molar-refractivity contribution in [1.82, 2.24) is 0 Å². The quantitative estimate of drug-likeness (QED) is 0.512. The van der Waals surface area contributed by atoms with Crippen LogP contribution >= 0.6 is 0 Å². The summed E-state index contributed by atoms with van der Waals surface area (Å²) in [6.45, 7) is 14.3. The van der Waals surface area contributed by atoms with Crippen LogP contribution in [-0.4, -0.2) is 33.1 Å². The van der Waals surface area contributed by atoms with Crippen molar-refractivity contribution in [3.63, 3.8) is 0 Å². The fraction of sp³-hybridized carbons (Fsp3) is 1.00. The van der Waals surface area contributed by atoms with Gasteiger partial charge in [0, 0.05) is 0 Å². The van der Waals surface area contributed by atoms with Crippen LogP contribution in [0.1, 0.15) is 106 Å². The first-order valence-corrected chi connectivity index (χ1v) is 13.5. The second-order valence-electron chi connectivity index (χ2n) is 13.4. The van der Waals surface area contributed by atoms with E-state index in [1.807, 2.05) is 0 Å². The van der Waals surface area contributed by atoms with Gasteiger partial charge in [0.1, 0.15) is 0 Å². The second kappa shape index (κ2) is 8.27. The van der Waals surface area contributed by atoms with Crippen LogP contribution in [0, 0.1) is 52.3 Å². The highest BCUT2D eigenvalue weighted by Gasteiger charge is 2.69. The third-order valence-electron chi connectivity index (χ3n) is 11.7. The van der Waals surface area contributed by atoms with Crippen LogP contribution in [0.3, 0.4) is 0 Å². The molecule has 4 aliphatic carbocycles. The summed E-state index contributed by atoms with van der Waals surface area (Å²) in [5.41, 5.74) is -0.741. The topological polar surface area (TPSA) is 60.7 Å². The first-order chi connectivity index (χ1) is 14.4. The van der Waals surface area contributed by atoms with Gasteiger partial charge in [-0.05, 0) is 104 Å². The molecule has 0 aromatic heterocycles. The fourth-order valence-electron chi connectivity index (χ4n) is 9.31. The molecule has 4 saturated carbocycles. The maximum Gasteiger partial charge on any atom is 0.0971 e. The van der Waals surface area contributed by atoms with Gasteiger partial charge in [-0.25, -0.2) is 0 Å². The minimum Gasteiger partial charge on any atom is -0.393 e. The highest BCUT2D eigenvalue weighted by molar-refractivity contribution is 5.19. The van der Waals surface area contributed by atoms with E-state index in [-0.39, 0.29) is 28.8 Å². The van der Waals surface area contributed by atoms with Crippen molar-refractivity contribution < 1.29 is 15.3 Å². The molecule has 4 fully saturated rings. The van der Waals surface area contributed by atoms with Gasteiger partial charge in [0.15, 0.2) is 0 Å². The van der Waals surface area contributed by atoms with E-state index in [1.54, 1.807) is 0 Å². The zero-order valence-electron chi connectivity index (χ0n) is 21.1. The van der Waals surface area contributed by atoms with Crippen molar-refractivity contribution in [1.29, 1.82) is 0 Å². The molecule has 0 heterocycles. The van der Waals surface area contributed by atoms with E-state index >= 15 is 0 Å². The number of fused-ring (bicyclic) bond motifs is 5. The maximum atomic E-state index is 12.3. The average molecular weight is 435 g/mol. The highest BCUT2D eigenvalue weighted by Crippen LogP contribution is 2.69. The van der Waals surface area contributed by atoms with Crippen LogP contribution in [0.4, 0.5) is 0 Å². The molecule has 4 rings (SSSR count). The molecule has 11 atom stereocenters. The Hall–Kier alpha value is -0.120. The van der Waals surface area contributed by atoms with Gasteiger partial charge < -0.3 is 15.3 Å². The van der Waals surface area contributed by atoms with Gasteiger partial charge in [-0.3, -0.25) is 0 Å². The lowest BCUT2D eigenvalue weighted by Gasteiger charge is -2.66. The summed E-state index contributed by atoms with van der Waals surface area (Å²) in [4.78, 5) is 0. The number of rotatable bonds is 5. The summed E-state index contributed by atoms with van der Waals surface area (Å²) in [6, 6.07) is 0. The minimum atomic E-state index is -0.944. The Morgan fingerprint density at radius 2 is 1.45 bits per heavy atom. The Morgan fingerprint density at radius 1 is 0.806 bits per heavy atom. The lowest BCUT2D eigenvalue weighted by molar-refractivity contribution is -0.271. The van der Waals surface area contributed by atoms with Gasteiger partial charge in [-0.2, -0.15) is 0 Å². The van der Waals surface area contributed by atoms with Crippen LogP contribution in [0.15, 0.2) is 0 Å². The first-order valence-electron chi connectivity index (χ1n) is 13.5. The lowest BCUT2D eigenvalue weighted by atomic mass is 9.42. The SMILES string of the molecule is CC(C)[C@@H](C)CC[C@@H](C)C1CCC2C1(C)CCC1C3(C)CCC(O)C[C@@H]3C[C@@H](O)[C@]21O. The number of aliphatic hydroxyl groups excluding tert-OH is 2. The normalized spacial score (nSPS) is 51.7. The molecule has 0 saturated heterocycles. The molecule has 0 radical (unpaired) electrons. The first kappa shape index (κ1) is 24.0. The number of aliphatic hydroxyl groups is 3. The van der Waals surface area contributed by atoms with Crippen LogP contribution in [-0.2, 0) is 0 Å². The summed E-state index contributed by atoms with van der Waals surface area (Å²) in [6.07, 6.45) is 9.54. The van der Waals surface area contributed by atoms with Crippen molar-refractivity contribution in [3.8, 4) is 0 Å². The third-order valence-corrected chi connectivity index (χ3v) is 11.7. The predicted octanol–water partition coefficient (Wildman–Crippen LogP) is 5.80. The third kappa shape index (κ3) is 3.64. The molecule has 0 aromatic rings. The van der Waals surface area contributed by atoms with Crippen molar-refractivity contribution in [3.05, 3.63) is 0 Å². The molecular weight excluding hydrogens is 384 g/mol. The van der Waals surface area contributed by atoms with E-state index in [1.165, 1.54) is 25.7 Å². The Bertz CT molecular complexity index is 648. The van der Waals surface area contributed by atoms with Crippen molar-refractivity contribution in [2.75, 3.05) is 0 Å². The van der Waals surface area contributed by atoms with E-state index in [2.05, 4.69) is 41.5 Å². The van der Waals surface area contributed by atoms with Crippen LogP contribution in [0.25, 0.3) is 0 Å². The molecular formula is C28H50O3. The van der Waals surface area contributed by atoms with Gasteiger partial charge >= 0.3 is 0 Å². The molecule has 3 heteroatoms. The predicted molar refractivity (Wildman–Crippen MR) is 126 cm³/mol. The van der Waals surface area contributed by atoms with E-state index in [9.17, 15) is 15.3 Å². The summed E-state index contributed by atoms with van der Waals surface area (Å²) >= 11 is 0. The molecule has 31 heavy (non-hydrogen) atoms. The summed E-state index contributed by atoms with van der Waals surface area (Å²) in [5, 5.41) is 34.0. The van der Waals surface area contributed by atoms with Crippen LogP contribution in [0.2, 0.25) is 0 Å². The molecule has 6 unspecified atom stereocenters.